The van der Waals surface area contributed by atoms with Crippen LogP contribution in [0.4, 0.5) is 5.69 Å². The average molecular weight is 373 g/mol. The number of nitriles is 1. The van der Waals surface area contributed by atoms with E-state index < -0.39 is 4.92 Å². The van der Waals surface area contributed by atoms with Crippen molar-refractivity contribution in [1.29, 1.82) is 5.26 Å². The molecule has 0 aliphatic rings. The van der Waals surface area contributed by atoms with Crippen molar-refractivity contribution in [2.24, 2.45) is 0 Å². The lowest BCUT2D eigenvalue weighted by Crippen LogP contribution is -2.07. The minimum atomic E-state index is -0.488. The van der Waals surface area contributed by atoms with Gasteiger partial charge in [-0.1, -0.05) is 11.6 Å². The maximum Gasteiger partial charge on any atom is 0.269 e. The molecule has 6 nitrogen and oxygen atoms in total. The number of hydrogen-bond donors (Lipinski definition) is 0. The van der Waals surface area contributed by atoms with E-state index in [9.17, 15) is 15.4 Å². The second-order valence-corrected chi connectivity index (χ2v) is 6.08. The Labute approximate surface area is 156 Å². The van der Waals surface area contributed by atoms with Crippen LogP contribution in [0.5, 0.6) is 11.5 Å². The van der Waals surface area contributed by atoms with Crippen molar-refractivity contribution in [3.05, 3.63) is 62.7 Å². The van der Waals surface area contributed by atoms with Crippen LogP contribution in [-0.4, -0.2) is 18.1 Å². The number of rotatable bonds is 6. The first-order valence-corrected chi connectivity index (χ1v) is 8.14. The summed E-state index contributed by atoms with van der Waals surface area (Å²) >= 11 is 6.29. The Balaban J connectivity index is 2.44. The molecule has 0 aliphatic heterocycles. The van der Waals surface area contributed by atoms with Crippen molar-refractivity contribution in [1.82, 2.24) is 0 Å². The highest BCUT2D eigenvalue weighted by atomic mass is 35.5. The summed E-state index contributed by atoms with van der Waals surface area (Å²) in [4.78, 5) is 10.3. The molecular weight excluding hydrogens is 356 g/mol. The van der Waals surface area contributed by atoms with Gasteiger partial charge in [-0.2, -0.15) is 5.26 Å². The van der Waals surface area contributed by atoms with Crippen molar-refractivity contribution < 1.29 is 14.4 Å². The van der Waals surface area contributed by atoms with E-state index in [-0.39, 0.29) is 11.8 Å². The quantitative estimate of drug-likeness (QED) is 0.304. The second kappa shape index (κ2) is 8.37. The molecular formula is C19H17ClN2O4. The zero-order chi connectivity index (χ0) is 19.3. The van der Waals surface area contributed by atoms with Crippen LogP contribution in [0.1, 0.15) is 25.0 Å². The van der Waals surface area contributed by atoms with E-state index in [1.54, 1.807) is 18.2 Å². The van der Waals surface area contributed by atoms with E-state index >= 15 is 0 Å². The van der Waals surface area contributed by atoms with Crippen LogP contribution in [0.25, 0.3) is 11.6 Å². The van der Waals surface area contributed by atoms with Crippen LogP contribution in [0.15, 0.2) is 36.4 Å². The molecule has 2 aromatic carbocycles. The summed E-state index contributed by atoms with van der Waals surface area (Å²) in [6.45, 7) is 3.76. The number of halogens is 1. The fraction of sp³-hybridized carbons (Fsp3) is 0.211. The Kier molecular flexibility index (Phi) is 6.21. The molecule has 0 unspecified atom stereocenters. The lowest BCUT2D eigenvalue weighted by molar-refractivity contribution is -0.384. The van der Waals surface area contributed by atoms with Gasteiger partial charge in [0.15, 0.2) is 11.5 Å². The summed E-state index contributed by atoms with van der Waals surface area (Å²) < 4.78 is 11.0. The Morgan fingerprint density at radius 2 is 1.96 bits per heavy atom. The number of non-ortho nitro benzene ring substituents is 1. The highest BCUT2D eigenvalue weighted by molar-refractivity contribution is 6.32. The highest BCUT2D eigenvalue weighted by Crippen LogP contribution is 2.38. The number of nitrogens with zero attached hydrogens (tertiary/aromatic N) is 2. The van der Waals surface area contributed by atoms with E-state index in [0.29, 0.717) is 33.2 Å². The number of nitro groups is 1. The van der Waals surface area contributed by atoms with E-state index in [0.717, 1.165) is 0 Å². The van der Waals surface area contributed by atoms with Crippen molar-refractivity contribution in [2.45, 2.75) is 20.0 Å². The SMILES string of the molecule is COc1cc(C=C(C#N)c2ccc([N+](=O)[O-])cc2)cc(Cl)c1OC(C)C. The van der Waals surface area contributed by atoms with Crippen molar-refractivity contribution in [2.75, 3.05) is 7.11 Å². The van der Waals surface area contributed by atoms with Gasteiger partial charge >= 0.3 is 0 Å². The third kappa shape index (κ3) is 4.52. The lowest BCUT2D eigenvalue weighted by Gasteiger charge is -2.15. The van der Waals surface area contributed by atoms with Crippen LogP contribution in [-0.2, 0) is 0 Å². The Morgan fingerprint density at radius 3 is 2.46 bits per heavy atom. The molecule has 0 spiro atoms. The Hall–Kier alpha value is -3.04. The summed E-state index contributed by atoms with van der Waals surface area (Å²) in [6.07, 6.45) is 1.56. The molecule has 0 aromatic heterocycles. The van der Waals surface area contributed by atoms with Gasteiger partial charge in [-0.3, -0.25) is 10.1 Å². The fourth-order valence-electron chi connectivity index (χ4n) is 2.28. The molecule has 0 saturated carbocycles. The third-order valence-electron chi connectivity index (χ3n) is 3.43. The second-order valence-electron chi connectivity index (χ2n) is 5.67. The van der Waals surface area contributed by atoms with Gasteiger partial charge in [0.1, 0.15) is 0 Å². The van der Waals surface area contributed by atoms with Gasteiger partial charge in [0, 0.05) is 12.1 Å². The normalized spacial score (nSPS) is 11.2. The minimum absolute atomic E-state index is 0.0362. The van der Waals surface area contributed by atoms with E-state index in [2.05, 4.69) is 6.07 Å². The largest absolute Gasteiger partial charge is 0.493 e. The first-order chi connectivity index (χ1) is 12.3. The Morgan fingerprint density at radius 1 is 1.31 bits per heavy atom. The number of benzene rings is 2. The van der Waals surface area contributed by atoms with Gasteiger partial charge < -0.3 is 9.47 Å². The molecule has 0 radical (unpaired) electrons. The maximum absolute atomic E-state index is 10.7. The van der Waals surface area contributed by atoms with Gasteiger partial charge in [-0.25, -0.2) is 0 Å². The maximum atomic E-state index is 10.7. The van der Waals surface area contributed by atoms with Crippen molar-refractivity contribution in [3.63, 3.8) is 0 Å². The number of methoxy groups -OCH3 is 1. The molecule has 0 aliphatic carbocycles. The zero-order valence-corrected chi connectivity index (χ0v) is 15.3. The van der Waals surface area contributed by atoms with Gasteiger partial charge in [0.05, 0.1) is 34.8 Å². The predicted octanol–water partition coefficient (Wildman–Crippen LogP) is 5.11. The third-order valence-corrected chi connectivity index (χ3v) is 3.71. The summed E-state index contributed by atoms with van der Waals surface area (Å²) in [6, 6.07) is 11.3. The van der Waals surface area contributed by atoms with Crippen molar-refractivity contribution in [3.8, 4) is 17.6 Å². The molecule has 0 amide bonds. The van der Waals surface area contributed by atoms with Crippen LogP contribution in [0.3, 0.4) is 0 Å². The molecule has 7 heteroatoms. The van der Waals surface area contributed by atoms with E-state index in [1.807, 2.05) is 13.8 Å². The first kappa shape index (κ1) is 19.3. The molecule has 0 atom stereocenters. The van der Waals surface area contributed by atoms with Crippen LogP contribution < -0.4 is 9.47 Å². The monoisotopic (exact) mass is 372 g/mol. The number of allylic oxidation sites excluding steroid dienone is 1. The smallest absolute Gasteiger partial charge is 0.269 e. The zero-order valence-electron chi connectivity index (χ0n) is 14.5. The number of hydrogen-bond acceptors (Lipinski definition) is 5. The number of ether oxygens (including phenoxy) is 2. The molecule has 0 heterocycles. The highest BCUT2D eigenvalue weighted by Gasteiger charge is 2.14. The Bertz CT molecular complexity index is 884. The molecule has 2 aromatic rings. The van der Waals surface area contributed by atoms with Crippen LogP contribution in [0, 0.1) is 21.4 Å². The van der Waals surface area contributed by atoms with Crippen LogP contribution in [0.2, 0.25) is 5.02 Å². The minimum Gasteiger partial charge on any atom is -0.493 e. The average Bonchev–Trinajstić information content (AvgIpc) is 2.61. The predicted molar refractivity (Wildman–Crippen MR) is 100 cm³/mol. The molecule has 134 valence electrons. The van der Waals surface area contributed by atoms with Crippen LogP contribution >= 0.6 is 11.6 Å². The first-order valence-electron chi connectivity index (χ1n) is 7.76. The molecule has 0 N–H and O–H groups in total. The van der Waals surface area contributed by atoms with Gasteiger partial charge in [0.25, 0.3) is 5.69 Å². The van der Waals surface area contributed by atoms with Gasteiger partial charge in [0.2, 0.25) is 0 Å². The topological polar surface area (TPSA) is 85.4 Å². The van der Waals surface area contributed by atoms with E-state index in [1.165, 1.54) is 31.4 Å². The molecule has 26 heavy (non-hydrogen) atoms. The fourth-order valence-corrected chi connectivity index (χ4v) is 2.55. The lowest BCUT2D eigenvalue weighted by atomic mass is 10.0. The molecule has 0 saturated heterocycles. The standard InChI is InChI=1S/C19H17ClN2O4/c1-12(2)26-19-17(20)9-13(10-18(19)25-3)8-15(11-21)14-4-6-16(7-5-14)22(23)24/h4-10,12H,1-3H3. The molecule has 0 bridgehead atoms. The van der Waals surface area contributed by atoms with Gasteiger partial charge in [-0.05, 0) is 55.3 Å². The summed E-state index contributed by atoms with van der Waals surface area (Å²) in [5.41, 5.74) is 1.52. The number of nitro benzene ring substituents is 1. The summed E-state index contributed by atoms with van der Waals surface area (Å²) in [5.74, 6) is 0.897. The van der Waals surface area contributed by atoms with Gasteiger partial charge in [-0.15, -0.1) is 0 Å². The molecule has 0 fully saturated rings. The van der Waals surface area contributed by atoms with Crippen molar-refractivity contribution >= 4 is 28.9 Å². The summed E-state index contributed by atoms with van der Waals surface area (Å²) in [7, 11) is 1.51. The summed E-state index contributed by atoms with van der Waals surface area (Å²) in [5, 5.41) is 20.6. The molecule has 2 rings (SSSR count). The van der Waals surface area contributed by atoms with E-state index in [4.69, 9.17) is 21.1 Å².